The first-order valence-electron chi connectivity index (χ1n) is 2.97. The number of rotatable bonds is 2. The first-order valence-corrected chi connectivity index (χ1v) is 2.97. The molecule has 0 heterocycles. The minimum atomic E-state index is -0.284. The fourth-order valence-electron chi connectivity index (χ4n) is 0.486. The molecule has 1 N–H and O–H groups in total. The van der Waals surface area contributed by atoms with E-state index >= 15 is 0 Å². The van der Waals surface area contributed by atoms with E-state index in [9.17, 15) is 9.59 Å². The second kappa shape index (κ2) is 4.06. The fraction of sp³-hybridized carbons (Fsp3) is 0.667. The highest BCUT2D eigenvalue weighted by Crippen LogP contribution is 1.84. The van der Waals surface area contributed by atoms with E-state index in [1.54, 1.807) is 0 Å². The number of amides is 2. The number of carbonyl (C=O) groups excluding carboxylic acids is 2. The molecule has 0 saturated carbocycles. The van der Waals surface area contributed by atoms with Gasteiger partial charge in [0.15, 0.2) is 0 Å². The lowest BCUT2D eigenvalue weighted by molar-refractivity contribution is -0.129. The quantitative estimate of drug-likeness (QED) is 0.588. The van der Waals surface area contributed by atoms with Gasteiger partial charge in [-0.05, 0) is 6.42 Å². The van der Waals surface area contributed by atoms with Gasteiger partial charge in [-0.25, -0.2) is 0 Å². The van der Waals surface area contributed by atoms with Crippen molar-refractivity contribution < 1.29 is 9.59 Å². The molecule has 3 nitrogen and oxygen atoms in total. The highest BCUT2D eigenvalue weighted by molar-refractivity contribution is 5.93. The molecule has 0 atom stereocenters. The lowest BCUT2D eigenvalue weighted by atomic mass is 10.3. The average molecular weight is 129 g/mol. The van der Waals surface area contributed by atoms with Gasteiger partial charge in [-0.15, -0.1) is 0 Å². The predicted molar refractivity (Wildman–Crippen MR) is 33.7 cm³/mol. The summed E-state index contributed by atoms with van der Waals surface area (Å²) in [5.41, 5.74) is 0. The van der Waals surface area contributed by atoms with Crippen LogP contribution in [0.5, 0.6) is 0 Å². The van der Waals surface area contributed by atoms with Crippen molar-refractivity contribution in [2.75, 3.05) is 0 Å². The van der Waals surface area contributed by atoms with E-state index in [4.69, 9.17) is 0 Å². The predicted octanol–water partition coefficient (Wildman–Crippen LogP) is 0.449. The molecule has 0 radical (unpaired) electrons. The van der Waals surface area contributed by atoms with Crippen molar-refractivity contribution in [2.24, 2.45) is 0 Å². The highest BCUT2D eigenvalue weighted by atomic mass is 16.2. The summed E-state index contributed by atoms with van der Waals surface area (Å²) in [5, 5.41) is 2.17. The second-order valence-corrected chi connectivity index (χ2v) is 1.85. The second-order valence-electron chi connectivity index (χ2n) is 1.85. The minimum Gasteiger partial charge on any atom is -0.297 e. The van der Waals surface area contributed by atoms with E-state index in [1.807, 2.05) is 6.92 Å². The Kier molecular flexibility index (Phi) is 3.67. The van der Waals surface area contributed by atoms with Gasteiger partial charge in [-0.1, -0.05) is 6.92 Å². The Bertz CT molecular complexity index is 120. The molecule has 0 aliphatic rings. The van der Waals surface area contributed by atoms with Gasteiger partial charge >= 0.3 is 0 Å². The van der Waals surface area contributed by atoms with E-state index in [2.05, 4.69) is 5.32 Å². The molecule has 0 aliphatic carbocycles. The van der Waals surface area contributed by atoms with E-state index in [1.165, 1.54) is 6.92 Å². The molecule has 0 aromatic heterocycles. The molecule has 2 amide bonds. The van der Waals surface area contributed by atoms with Crippen molar-refractivity contribution in [1.82, 2.24) is 5.32 Å². The summed E-state index contributed by atoms with van der Waals surface area (Å²) >= 11 is 0. The lowest BCUT2D eigenvalue weighted by Gasteiger charge is -1.95. The smallest absolute Gasteiger partial charge is 0.226 e. The molecule has 0 rings (SSSR count). The summed E-state index contributed by atoms with van der Waals surface area (Å²) in [4.78, 5) is 20.7. The van der Waals surface area contributed by atoms with Crippen LogP contribution in [0.15, 0.2) is 0 Å². The Morgan fingerprint density at radius 1 is 1.44 bits per heavy atom. The van der Waals surface area contributed by atoms with E-state index in [0.29, 0.717) is 6.42 Å². The van der Waals surface area contributed by atoms with Crippen LogP contribution < -0.4 is 5.32 Å². The van der Waals surface area contributed by atoms with Crippen LogP contribution in [-0.2, 0) is 9.59 Å². The Balaban J connectivity index is 3.39. The minimum absolute atomic E-state index is 0.190. The lowest BCUT2D eigenvalue weighted by Crippen LogP contribution is -2.27. The van der Waals surface area contributed by atoms with Gasteiger partial charge in [0.25, 0.3) is 0 Å². The SMILES string of the molecule is CCCC(=O)NC(C)=O. The molecular formula is C6H11NO2. The van der Waals surface area contributed by atoms with Crippen LogP contribution >= 0.6 is 0 Å². The molecule has 0 bridgehead atoms. The van der Waals surface area contributed by atoms with Crippen molar-refractivity contribution in [3.8, 4) is 0 Å². The largest absolute Gasteiger partial charge is 0.297 e. The summed E-state index contributed by atoms with van der Waals surface area (Å²) < 4.78 is 0. The van der Waals surface area contributed by atoms with Crippen molar-refractivity contribution >= 4 is 11.8 Å². The van der Waals surface area contributed by atoms with Crippen LogP contribution in [0.3, 0.4) is 0 Å². The number of imide groups is 1. The zero-order chi connectivity index (χ0) is 7.28. The molecular weight excluding hydrogens is 118 g/mol. The van der Waals surface area contributed by atoms with Gasteiger partial charge in [-0.2, -0.15) is 0 Å². The van der Waals surface area contributed by atoms with Gasteiger partial charge < -0.3 is 0 Å². The van der Waals surface area contributed by atoms with E-state index in [-0.39, 0.29) is 11.8 Å². The number of hydrogen-bond acceptors (Lipinski definition) is 2. The summed E-state index contributed by atoms with van der Waals surface area (Å²) in [6.07, 6.45) is 1.21. The van der Waals surface area contributed by atoms with Gasteiger partial charge in [0.05, 0.1) is 0 Å². The fourth-order valence-corrected chi connectivity index (χ4v) is 0.486. The maximum atomic E-state index is 10.5. The summed E-state index contributed by atoms with van der Waals surface area (Å²) in [5.74, 6) is -0.474. The molecule has 0 spiro atoms. The van der Waals surface area contributed by atoms with Gasteiger partial charge in [0.1, 0.15) is 0 Å². The molecule has 0 fully saturated rings. The molecule has 9 heavy (non-hydrogen) atoms. The van der Waals surface area contributed by atoms with Crippen molar-refractivity contribution in [2.45, 2.75) is 26.7 Å². The zero-order valence-corrected chi connectivity index (χ0v) is 5.73. The summed E-state index contributed by atoms with van der Waals surface area (Å²) in [6, 6.07) is 0. The average Bonchev–Trinajstić information content (AvgIpc) is 1.63. The molecule has 3 heteroatoms. The number of nitrogens with one attached hydrogen (secondary N) is 1. The van der Waals surface area contributed by atoms with Crippen LogP contribution in [0.4, 0.5) is 0 Å². The number of carbonyl (C=O) groups is 2. The third-order valence-electron chi connectivity index (χ3n) is 0.793. The first kappa shape index (κ1) is 8.14. The standard InChI is InChI=1S/C6H11NO2/c1-3-4-6(9)7-5(2)8/h3-4H2,1-2H3,(H,7,8,9). The summed E-state index contributed by atoms with van der Waals surface area (Å²) in [7, 11) is 0. The van der Waals surface area contributed by atoms with Crippen molar-refractivity contribution in [3.63, 3.8) is 0 Å². The molecule has 52 valence electrons. The molecule has 0 aliphatic heterocycles. The zero-order valence-electron chi connectivity index (χ0n) is 5.73. The van der Waals surface area contributed by atoms with Gasteiger partial charge in [0.2, 0.25) is 11.8 Å². The normalized spacial score (nSPS) is 8.67. The Labute approximate surface area is 54.4 Å². The molecule has 0 saturated heterocycles. The van der Waals surface area contributed by atoms with Crippen molar-refractivity contribution in [3.05, 3.63) is 0 Å². The van der Waals surface area contributed by atoms with E-state index < -0.39 is 0 Å². The van der Waals surface area contributed by atoms with Crippen LogP contribution in [0.2, 0.25) is 0 Å². The van der Waals surface area contributed by atoms with Crippen LogP contribution in [0.25, 0.3) is 0 Å². The Hall–Kier alpha value is -0.860. The molecule has 0 unspecified atom stereocenters. The van der Waals surface area contributed by atoms with Gasteiger partial charge in [0, 0.05) is 13.3 Å². The molecule has 0 aromatic carbocycles. The third kappa shape index (κ3) is 5.00. The number of hydrogen-bond donors (Lipinski definition) is 1. The monoisotopic (exact) mass is 129 g/mol. The maximum Gasteiger partial charge on any atom is 0.226 e. The topological polar surface area (TPSA) is 46.2 Å². The van der Waals surface area contributed by atoms with Crippen LogP contribution in [-0.4, -0.2) is 11.8 Å². The maximum absolute atomic E-state index is 10.5. The van der Waals surface area contributed by atoms with Crippen LogP contribution in [0, 0.1) is 0 Å². The van der Waals surface area contributed by atoms with Gasteiger partial charge in [-0.3, -0.25) is 14.9 Å². The highest BCUT2D eigenvalue weighted by Gasteiger charge is 1.99. The summed E-state index contributed by atoms with van der Waals surface area (Å²) in [6.45, 7) is 3.22. The Morgan fingerprint density at radius 3 is 2.33 bits per heavy atom. The van der Waals surface area contributed by atoms with Crippen LogP contribution in [0.1, 0.15) is 26.7 Å². The first-order chi connectivity index (χ1) is 4.16. The van der Waals surface area contributed by atoms with E-state index in [0.717, 1.165) is 6.42 Å². The third-order valence-corrected chi connectivity index (χ3v) is 0.793. The molecule has 0 aromatic rings. The van der Waals surface area contributed by atoms with Crippen molar-refractivity contribution in [1.29, 1.82) is 0 Å². The Morgan fingerprint density at radius 2 is 2.00 bits per heavy atom.